The molecule has 168 valence electrons. The fourth-order valence-electron chi connectivity index (χ4n) is 4.37. The van der Waals surface area contributed by atoms with E-state index in [0.717, 1.165) is 35.7 Å². The summed E-state index contributed by atoms with van der Waals surface area (Å²) in [5.74, 6) is -0.201. The monoisotopic (exact) mass is 543 g/mol. The van der Waals surface area contributed by atoms with Crippen molar-refractivity contribution in [2.75, 3.05) is 11.0 Å². The summed E-state index contributed by atoms with van der Waals surface area (Å²) >= 11 is 2.46. The van der Waals surface area contributed by atoms with Crippen LogP contribution in [0.1, 0.15) is 48.8 Å². The lowest BCUT2D eigenvalue weighted by Crippen LogP contribution is -2.31. The van der Waals surface area contributed by atoms with Crippen molar-refractivity contribution in [1.82, 2.24) is 5.32 Å². The lowest BCUT2D eigenvalue weighted by Gasteiger charge is -2.36. The maximum atomic E-state index is 13.0. The Morgan fingerprint density at radius 2 is 1.38 bits per heavy atom. The van der Waals surface area contributed by atoms with Gasteiger partial charge in [0.25, 0.3) is 0 Å². The lowest BCUT2D eigenvalue weighted by molar-refractivity contribution is -0.121. The second kappa shape index (κ2) is 12.7. The zero-order chi connectivity index (χ0) is 22.7. The van der Waals surface area contributed by atoms with Crippen molar-refractivity contribution in [3.63, 3.8) is 0 Å². The Hall–Kier alpha value is -2.21. The SMILES string of the molecule is O=C(CCc1ccc(F)cc1)NCCCC(CCCI)(c1ccccc1)c1ccccc1. The number of rotatable bonds is 12. The van der Waals surface area contributed by atoms with Crippen LogP contribution in [0, 0.1) is 5.82 Å². The summed E-state index contributed by atoms with van der Waals surface area (Å²) < 4.78 is 14.2. The van der Waals surface area contributed by atoms with Crippen LogP contribution in [0.2, 0.25) is 0 Å². The van der Waals surface area contributed by atoms with E-state index in [-0.39, 0.29) is 17.1 Å². The molecule has 0 aromatic heterocycles. The highest BCUT2D eigenvalue weighted by Crippen LogP contribution is 2.41. The highest BCUT2D eigenvalue weighted by Gasteiger charge is 2.33. The number of benzene rings is 3. The molecule has 0 atom stereocenters. The van der Waals surface area contributed by atoms with Gasteiger partial charge in [-0.05, 0) is 65.4 Å². The van der Waals surface area contributed by atoms with E-state index in [1.165, 1.54) is 23.3 Å². The number of halogens is 2. The standard InChI is InChI=1S/C28H31FINO/c29-26-16-13-23(14-17-26)15-18-27(32)31-22-8-20-28(19-7-21-30,24-9-3-1-4-10-24)25-11-5-2-6-12-25/h1-6,9-14,16-17H,7-8,15,18-22H2,(H,31,32). The number of aryl methyl sites for hydroxylation is 1. The maximum absolute atomic E-state index is 13.0. The Labute approximate surface area is 204 Å². The first-order valence-corrected chi connectivity index (χ1v) is 12.8. The molecule has 3 aromatic carbocycles. The average molecular weight is 543 g/mol. The molecule has 0 aliphatic carbocycles. The van der Waals surface area contributed by atoms with Crippen LogP contribution in [0.4, 0.5) is 4.39 Å². The summed E-state index contributed by atoms with van der Waals surface area (Å²) in [5.41, 5.74) is 3.62. The zero-order valence-corrected chi connectivity index (χ0v) is 20.6. The molecule has 4 heteroatoms. The molecule has 32 heavy (non-hydrogen) atoms. The highest BCUT2D eigenvalue weighted by atomic mass is 127. The first-order chi connectivity index (χ1) is 15.6. The van der Waals surface area contributed by atoms with Gasteiger partial charge < -0.3 is 5.32 Å². The predicted octanol–water partition coefficient (Wildman–Crippen LogP) is 6.86. The molecule has 2 nitrogen and oxygen atoms in total. The highest BCUT2D eigenvalue weighted by molar-refractivity contribution is 14.1. The van der Waals surface area contributed by atoms with Gasteiger partial charge >= 0.3 is 0 Å². The van der Waals surface area contributed by atoms with E-state index < -0.39 is 0 Å². The van der Waals surface area contributed by atoms with Gasteiger partial charge in [-0.25, -0.2) is 4.39 Å². The van der Waals surface area contributed by atoms with Crippen molar-refractivity contribution in [2.45, 2.75) is 43.9 Å². The van der Waals surface area contributed by atoms with Gasteiger partial charge in [-0.1, -0.05) is 95.4 Å². The lowest BCUT2D eigenvalue weighted by atomic mass is 9.68. The zero-order valence-electron chi connectivity index (χ0n) is 18.4. The molecule has 0 aliphatic heterocycles. The Morgan fingerprint density at radius 3 is 1.94 bits per heavy atom. The Bertz CT molecular complexity index is 905. The van der Waals surface area contributed by atoms with Crippen LogP contribution in [-0.4, -0.2) is 16.9 Å². The van der Waals surface area contributed by atoms with Crippen molar-refractivity contribution in [1.29, 1.82) is 0 Å². The molecule has 0 saturated carbocycles. The van der Waals surface area contributed by atoms with E-state index in [0.29, 0.717) is 19.4 Å². The van der Waals surface area contributed by atoms with Gasteiger partial charge in [-0.15, -0.1) is 0 Å². The fourth-order valence-corrected chi connectivity index (χ4v) is 4.75. The quantitative estimate of drug-likeness (QED) is 0.151. The summed E-state index contributed by atoms with van der Waals surface area (Å²) in [6, 6.07) is 27.9. The molecule has 0 fully saturated rings. The number of carbonyl (C=O) groups excluding carboxylic acids is 1. The third-order valence-corrected chi connectivity index (χ3v) is 6.81. The van der Waals surface area contributed by atoms with Crippen LogP contribution >= 0.6 is 22.6 Å². The van der Waals surface area contributed by atoms with Gasteiger partial charge in [-0.2, -0.15) is 0 Å². The van der Waals surface area contributed by atoms with E-state index in [1.54, 1.807) is 12.1 Å². The summed E-state index contributed by atoms with van der Waals surface area (Å²) in [5, 5.41) is 3.08. The molecule has 0 unspecified atom stereocenters. The Morgan fingerprint density at radius 1 is 0.812 bits per heavy atom. The summed E-state index contributed by atoms with van der Waals surface area (Å²) in [6.45, 7) is 0.661. The molecule has 0 aliphatic rings. The third kappa shape index (κ3) is 6.89. The van der Waals surface area contributed by atoms with Gasteiger partial charge in [0.15, 0.2) is 0 Å². The predicted molar refractivity (Wildman–Crippen MR) is 139 cm³/mol. The Balaban J connectivity index is 1.62. The van der Waals surface area contributed by atoms with Crippen molar-refractivity contribution in [3.8, 4) is 0 Å². The first kappa shape index (κ1) is 24.4. The fraction of sp³-hybridized carbons (Fsp3) is 0.321. The van der Waals surface area contributed by atoms with Crippen LogP contribution in [0.5, 0.6) is 0 Å². The second-order valence-electron chi connectivity index (χ2n) is 8.19. The van der Waals surface area contributed by atoms with Gasteiger partial charge in [0, 0.05) is 18.4 Å². The second-order valence-corrected chi connectivity index (χ2v) is 9.27. The third-order valence-electron chi connectivity index (χ3n) is 6.05. The van der Waals surface area contributed by atoms with Crippen molar-refractivity contribution in [3.05, 3.63) is 107 Å². The van der Waals surface area contributed by atoms with Crippen LogP contribution in [0.3, 0.4) is 0 Å². The summed E-state index contributed by atoms with van der Waals surface area (Å²) in [4.78, 5) is 12.3. The van der Waals surface area contributed by atoms with Crippen molar-refractivity contribution >= 4 is 28.5 Å². The van der Waals surface area contributed by atoms with Crippen molar-refractivity contribution in [2.24, 2.45) is 0 Å². The van der Waals surface area contributed by atoms with Crippen LogP contribution in [0.15, 0.2) is 84.9 Å². The van der Waals surface area contributed by atoms with E-state index >= 15 is 0 Å². The number of alkyl halides is 1. The molecule has 1 amide bonds. The molecule has 0 saturated heterocycles. The molecular formula is C28H31FINO. The minimum atomic E-state index is -0.249. The molecule has 3 aromatic rings. The van der Waals surface area contributed by atoms with E-state index in [9.17, 15) is 9.18 Å². The molecule has 0 radical (unpaired) electrons. The maximum Gasteiger partial charge on any atom is 0.220 e. The largest absolute Gasteiger partial charge is 0.356 e. The van der Waals surface area contributed by atoms with E-state index in [1.807, 2.05) is 0 Å². The number of amides is 1. The number of hydrogen-bond donors (Lipinski definition) is 1. The minimum Gasteiger partial charge on any atom is -0.356 e. The molecule has 0 bridgehead atoms. The number of nitrogens with one attached hydrogen (secondary N) is 1. The van der Waals surface area contributed by atoms with Crippen LogP contribution in [-0.2, 0) is 16.6 Å². The number of hydrogen-bond acceptors (Lipinski definition) is 1. The van der Waals surface area contributed by atoms with Crippen molar-refractivity contribution < 1.29 is 9.18 Å². The smallest absolute Gasteiger partial charge is 0.220 e. The van der Waals surface area contributed by atoms with Gasteiger partial charge in [0.1, 0.15) is 5.82 Å². The normalized spacial score (nSPS) is 11.3. The molecule has 1 N–H and O–H groups in total. The van der Waals surface area contributed by atoms with Crippen LogP contribution in [0.25, 0.3) is 0 Å². The molecule has 0 spiro atoms. The van der Waals surface area contributed by atoms with Crippen LogP contribution < -0.4 is 5.32 Å². The van der Waals surface area contributed by atoms with Gasteiger partial charge in [-0.3, -0.25) is 4.79 Å². The Kier molecular flexibility index (Phi) is 9.72. The average Bonchev–Trinajstić information content (AvgIpc) is 2.84. The number of carbonyl (C=O) groups is 1. The minimum absolute atomic E-state index is 0.0478. The van der Waals surface area contributed by atoms with E-state index in [2.05, 4.69) is 88.6 Å². The molecule has 0 heterocycles. The van der Waals surface area contributed by atoms with E-state index in [4.69, 9.17) is 0 Å². The molecule has 3 rings (SSSR count). The first-order valence-electron chi connectivity index (χ1n) is 11.3. The van der Waals surface area contributed by atoms with Gasteiger partial charge in [0.2, 0.25) is 5.91 Å². The summed E-state index contributed by atoms with van der Waals surface area (Å²) in [6.07, 6.45) is 5.17. The summed E-state index contributed by atoms with van der Waals surface area (Å²) in [7, 11) is 0. The molecular weight excluding hydrogens is 512 g/mol. The van der Waals surface area contributed by atoms with Gasteiger partial charge in [0.05, 0.1) is 0 Å². The topological polar surface area (TPSA) is 29.1 Å².